The SMILES string of the molecule is CC/C=C/C1CCCCC1.CSSSC. The average Bonchev–Trinajstić information content (AvgIpc) is 2.30. The molecular formula is C12H24S3. The van der Waals surface area contributed by atoms with Crippen LogP contribution in [0.1, 0.15) is 45.4 Å². The summed E-state index contributed by atoms with van der Waals surface area (Å²) in [4.78, 5) is 0. The Kier molecular flexibility index (Phi) is 13.5. The van der Waals surface area contributed by atoms with Crippen molar-refractivity contribution in [2.24, 2.45) is 5.92 Å². The average molecular weight is 265 g/mol. The molecule has 1 saturated carbocycles. The number of hydrogen-bond donors (Lipinski definition) is 0. The van der Waals surface area contributed by atoms with Crippen molar-refractivity contribution in [2.75, 3.05) is 12.5 Å². The van der Waals surface area contributed by atoms with E-state index in [2.05, 4.69) is 31.6 Å². The highest BCUT2D eigenvalue weighted by atomic mass is 33.5. The second-order valence-electron chi connectivity index (χ2n) is 3.64. The molecule has 0 nitrogen and oxygen atoms in total. The Morgan fingerprint density at radius 1 is 1.07 bits per heavy atom. The summed E-state index contributed by atoms with van der Waals surface area (Å²) >= 11 is 0. The van der Waals surface area contributed by atoms with Gasteiger partial charge in [0.2, 0.25) is 0 Å². The summed E-state index contributed by atoms with van der Waals surface area (Å²) in [5, 5.41) is 0. The van der Waals surface area contributed by atoms with Crippen LogP contribution in [0.25, 0.3) is 0 Å². The van der Waals surface area contributed by atoms with Gasteiger partial charge in [-0.2, -0.15) is 0 Å². The van der Waals surface area contributed by atoms with Crippen LogP contribution in [-0.4, -0.2) is 12.5 Å². The van der Waals surface area contributed by atoms with E-state index in [0.29, 0.717) is 0 Å². The first-order chi connectivity index (χ1) is 7.35. The van der Waals surface area contributed by atoms with Crippen LogP contribution in [0.3, 0.4) is 0 Å². The van der Waals surface area contributed by atoms with E-state index >= 15 is 0 Å². The predicted molar refractivity (Wildman–Crippen MR) is 80.6 cm³/mol. The summed E-state index contributed by atoms with van der Waals surface area (Å²) in [5.74, 6) is 0.925. The zero-order chi connectivity index (χ0) is 11.4. The van der Waals surface area contributed by atoms with Crippen LogP contribution in [-0.2, 0) is 0 Å². The highest BCUT2D eigenvalue weighted by molar-refractivity contribution is 9.09. The third kappa shape index (κ3) is 11.1. The lowest BCUT2D eigenvalue weighted by Crippen LogP contribution is -2.02. The van der Waals surface area contributed by atoms with E-state index in [1.54, 1.807) is 31.4 Å². The zero-order valence-electron chi connectivity index (χ0n) is 10.2. The van der Waals surface area contributed by atoms with Crippen LogP contribution in [0.2, 0.25) is 0 Å². The monoisotopic (exact) mass is 264 g/mol. The molecule has 0 bridgehead atoms. The molecule has 0 aromatic carbocycles. The standard InChI is InChI=1S/C10H18.C2H6S3/c1-2-3-7-10-8-5-4-6-9-10;1-3-5-4-2/h3,7,10H,2,4-6,8-9H2,1H3;1-2H3/b7-3+;. The number of rotatable bonds is 4. The van der Waals surface area contributed by atoms with Crippen LogP contribution in [0.5, 0.6) is 0 Å². The maximum absolute atomic E-state index is 2.42. The van der Waals surface area contributed by atoms with Crippen molar-refractivity contribution in [3.63, 3.8) is 0 Å². The smallest absolute Gasteiger partial charge is 0.00709 e. The fourth-order valence-corrected chi connectivity index (χ4v) is 3.49. The second-order valence-corrected chi connectivity index (χ2v) is 8.07. The normalized spacial score (nSPS) is 17.5. The van der Waals surface area contributed by atoms with Gasteiger partial charge in [-0.1, -0.05) is 59.9 Å². The molecule has 0 amide bonds. The first kappa shape index (κ1) is 15.8. The molecule has 3 heteroatoms. The van der Waals surface area contributed by atoms with Gasteiger partial charge in [0.1, 0.15) is 0 Å². The van der Waals surface area contributed by atoms with E-state index in [0.717, 1.165) is 5.92 Å². The van der Waals surface area contributed by atoms with Crippen LogP contribution >= 0.6 is 31.4 Å². The van der Waals surface area contributed by atoms with Gasteiger partial charge in [0, 0.05) is 0 Å². The lowest BCUT2D eigenvalue weighted by molar-refractivity contribution is 0.419. The molecule has 0 aromatic heterocycles. The molecule has 0 N–H and O–H groups in total. The van der Waals surface area contributed by atoms with Gasteiger partial charge in [0.05, 0.1) is 0 Å². The molecule has 1 rings (SSSR count). The van der Waals surface area contributed by atoms with Gasteiger partial charge < -0.3 is 0 Å². The Morgan fingerprint density at radius 3 is 2.07 bits per heavy atom. The highest BCUT2D eigenvalue weighted by Crippen LogP contribution is 2.28. The van der Waals surface area contributed by atoms with E-state index in [4.69, 9.17) is 0 Å². The van der Waals surface area contributed by atoms with E-state index in [1.807, 2.05) is 0 Å². The summed E-state index contributed by atoms with van der Waals surface area (Å²) < 4.78 is 0. The molecule has 1 fully saturated rings. The fourth-order valence-electron chi connectivity index (χ4n) is 1.72. The largest absolute Gasteiger partial charge is 0.0885 e. The first-order valence-electron chi connectivity index (χ1n) is 5.75. The molecule has 0 atom stereocenters. The lowest BCUT2D eigenvalue weighted by atomic mass is 9.89. The molecule has 90 valence electrons. The molecule has 0 radical (unpaired) electrons. The van der Waals surface area contributed by atoms with Crippen molar-refractivity contribution in [3.8, 4) is 0 Å². The predicted octanol–water partition coefficient (Wildman–Crippen LogP) is 5.81. The minimum atomic E-state index is 0.925. The van der Waals surface area contributed by atoms with Gasteiger partial charge >= 0.3 is 0 Å². The molecule has 1 aliphatic rings. The van der Waals surface area contributed by atoms with Gasteiger partial charge in [-0.3, -0.25) is 0 Å². The minimum absolute atomic E-state index is 0.925. The third-order valence-electron chi connectivity index (χ3n) is 2.43. The van der Waals surface area contributed by atoms with Crippen molar-refractivity contribution < 1.29 is 0 Å². The molecular weight excluding hydrogens is 240 g/mol. The topological polar surface area (TPSA) is 0 Å². The molecule has 0 aliphatic heterocycles. The molecule has 0 unspecified atom stereocenters. The van der Waals surface area contributed by atoms with Gasteiger partial charge in [0.15, 0.2) is 0 Å². The van der Waals surface area contributed by atoms with E-state index in [-0.39, 0.29) is 0 Å². The van der Waals surface area contributed by atoms with Crippen molar-refractivity contribution >= 4 is 31.4 Å². The first-order valence-corrected chi connectivity index (χ1v) is 10.0. The molecule has 0 aromatic rings. The summed E-state index contributed by atoms with van der Waals surface area (Å²) in [6.45, 7) is 2.21. The summed E-state index contributed by atoms with van der Waals surface area (Å²) in [6.07, 6.45) is 17.3. The number of hydrogen-bond acceptors (Lipinski definition) is 3. The molecule has 1 aliphatic carbocycles. The van der Waals surface area contributed by atoms with Crippen molar-refractivity contribution in [2.45, 2.75) is 45.4 Å². The van der Waals surface area contributed by atoms with Gasteiger partial charge in [0.25, 0.3) is 0 Å². The Labute approximate surface area is 107 Å². The maximum atomic E-state index is 2.42. The minimum Gasteiger partial charge on any atom is -0.0885 e. The van der Waals surface area contributed by atoms with Crippen molar-refractivity contribution in [1.82, 2.24) is 0 Å². The van der Waals surface area contributed by atoms with Crippen LogP contribution in [0, 0.1) is 5.92 Å². The molecule has 15 heavy (non-hydrogen) atoms. The Hall–Kier alpha value is 0.790. The van der Waals surface area contributed by atoms with Crippen LogP contribution in [0.4, 0.5) is 0 Å². The summed E-state index contributed by atoms with van der Waals surface area (Å²) in [7, 11) is 5.36. The highest BCUT2D eigenvalue weighted by Gasteiger charge is 2.08. The van der Waals surface area contributed by atoms with Gasteiger partial charge in [-0.25, -0.2) is 0 Å². The fraction of sp³-hybridized carbons (Fsp3) is 0.833. The molecule has 0 saturated heterocycles. The van der Waals surface area contributed by atoms with E-state index in [9.17, 15) is 0 Å². The zero-order valence-corrected chi connectivity index (χ0v) is 12.6. The van der Waals surface area contributed by atoms with Gasteiger partial charge in [-0.15, -0.1) is 0 Å². The second kappa shape index (κ2) is 12.9. The van der Waals surface area contributed by atoms with Crippen molar-refractivity contribution in [3.05, 3.63) is 12.2 Å². The lowest BCUT2D eigenvalue weighted by Gasteiger charge is -2.17. The Bertz CT molecular complexity index is 138. The quantitative estimate of drug-likeness (QED) is 0.464. The van der Waals surface area contributed by atoms with Crippen molar-refractivity contribution in [1.29, 1.82) is 0 Å². The summed E-state index contributed by atoms with van der Waals surface area (Å²) in [6, 6.07) is 0. The third-order valence-corrected chi connectivity index (χ3v) is 5.97. The maximum Gasteiger partial charge on any atom is -0.00709 e. The molecule has 0 spiro atoms. The van der Waals surface area contributed by atoms with Crippen LogP contribution < -0.4 is 0 Å². The molecule has 0 heterocycles. The van der Waals surface area contributed by atoms with Gasteiger partial charge in [-0.05, 0) is 47.5 Å². The Balaban J connectivity index is 0.000000336. The van der Waals surface area contributed by atoms with E-state index < -0.39 is 0 Å². The van der Waals surface area contributed by atoms with E-state index in [1.165, 1.54) is 38.5 Å². The van der Waals surface area contributed by atoms with Crippen LogP contribution in [0.15, 0.2) is 12.2 Å². The Morgan fingerprint density at radius 2 is 1.67 bits per heavy atom. The summed E-state index contributed by atoms with van der Waals surface area (Å²) in [5.41, 5.74) is 0. The number of allylic oxidation sites excluding steroid dienone is 2.